The molecule has 4 nitrogen and oxygen atoms in total. The van der Waals surface area contributed by atoms with E-state index in [1.165, 1.54) is 0 Å². The van der Waals surface area contributed by atoms with Gasteiger partial charge in [-0.3, -0.25) is 4.79 Å². The number of imidazole rings is 1. The fourth-order valence-corrected chi connectivity index (χ4v) is 2.23. The van der Waals surface area contributed by atoms with E-state index in [2.05, 4.69) is 10.3 Å². The molecule has 3 aromatic rings. The van der Waals surface area contributed by atoms with Crippen molar-refractivity contribution in [3.05, 3.63) is 71.7 Å². The highest BCUT2D eigenvalue weighted by atomic mass is 16.1. The molecule has 0 atom stereocenters. The fraction of sp³-hybridized carbons (Fsp3) is 0.125. The minimum absolute atomic E-state index is 0.0733. The molecule has 0 spiro atoms. The predicted molar refractivity (Wildman–Crippen MR) is 77.5 cm³/mol. The molecule has 0 fully saturated rings. The third-order valence-corrected chi connectivity index (χ3v) is 3.28. The standard InChI is InChI=1S/C16H15N3O/c1-12-14(19-10-6-5-9-15(19)18-12)11-17-16(20)13-7-3-2-4-8-13/h2-10H,11H2,1H3,(H,17,20). The SMILES string of the molecule is Cc1nc2ccccn2c1CNC(=O)c1ccccc1. The monoisotopic (exact) mass is 265 g/mol. The number of carbonyl (C=O) groups excluding carboxylic acids is 1. The Morgan fingerprint density at radius 3 is 2.70 bits per heavy atom. The van der Waals surface area contributed by atoms with E-state index in [4.69, 9.17) is 0 Å². The quantitative estimate of drug-likeness (QED) is 0.791. The summed E-state index contributed by atoms with van der Waals surface area (Å²) in [7, 11) is 0. The van der Waals surface area contributed by atoms with Gasteiger partial charge in [-0.15, -0.1) is 0 Å². The lowest BCUT2D eigenvalue weighted by molar-refractivity contribution is 0.0950. The molecular formula is C16H15N3O. The van der Waals surface area contributed by atoms with E-state index < -0.39 is 0 Å². The molecule has 0 unspecified atom stereocenters. The lowest BCUT2D eigenvalue weighted by Crippen LogP contribution is -2.23. The number of nitrogens with zero attached hydrogens (tertiary/aromatic N) is 2. The molecule has 0 aliphatic carbocycles. The molecule has 2 aromatic heterocycles. The number of nitrogens with one attached hydrogen (secondary N) is 1. The van der Waals surface area contributed by atoms with Crippen molar-refractivity contribution in [3.63, 3.8) is 0 Å². The van der Waals surface area contributed by atoms with Crippen LogP contribution in [0, 0.1) is 6.92 Å². The number of fused-ring (bicyclic) bond motifs is 1. The lowest BCUT2D eigenvalue weighted by atomic mass is 10.2. The number of pyridine rings is 1. The Hall–Kier alpha value is -2.62. The Morgan fingerprint density at radius 1 is 1.15 bits per heavy atom. The van der Waals surface area contributed by atoms with Gasteiger partial charge >= 0.3 is 0 Å². The lowest BCUT2D eigenvalue weighted by Gasteiger charge is -2.06. The maximum absolute atomic E-state index is 12.0. The summed E-state index contributed by atoms with van der Waals surface area (Å²) in [6.07, 6.45) is 1.96. The average Bonchev–Trinajstić information content (AvgIpc) is 2.81. The Balaban J connectivity index is 1.81. The molecular weight excluding hydrogens is 250 g/mol. The molecule has 0 saturated carbocycles. The number of rotatable bonds is 3. The molecule has 2 heterocycles. The van der Waals surface area contributed by atoms with Crippen molar-refractivity contribution in [2.45, 2.75) is 13.5 Å². The van der Waals surface area contributed by atoms with Crippen LogP contribution in [-0.2, 0) is 6.54 Å². The molecule has 1 N–H and O–H groups in total. The second-order valence-corrected chi connectivity index (χ2v) is 4.62. The zero-order valence-electron chi connectivity index (χ0n) is 11.2. The highest BCUT2D eigenvalue weighted by Gasteiger charge is 2.10. The van der Waals surface area contributed by atoms with Crippen molar-refractivity contribution in [2.75, 3.05) is 0 Å². The molecule has 0 saturated heterocycles. The van der Waals surface area contributed by atoms with Crippen molar-refractivity contribution in [3.8, 4) is 0 Å². The summed E-state index contributed by atoms with van der Waals surface area (Å²) >= 11 is 0. The molecule has 3 rings (SSSR count). The second kappa shape index (κ2) is 5.17. The van der Waals surface area contributed by atoms with Crippen LogP contribution in [0.25, 0.3) is 5.65 Å². The summed E-state index contributed by atoms with van der Waals surface area (Å²) in [6, 6.07) is 15.1. The first kappa shape index (κ1) is 12.4. The van der Waals surface area contributed by atoms with Gasteiger partial charge in [0.15, 0.2) is 0 Å². The Bertz CT molecular complexity index is 747. The van der Waals surface area contributed by atoms with E-state index in [0.717, 1.165) is 17.0 Å². The van der Waals surface area contributed by atoms with E-state index in [-0.39, 0.29) is 5.91 Å². The van der Waals surface area contributed by atoms with E-state index >= 15 is 0 Å². The van der Waals surface area contributed by atoms with Crippen molar-refractivity contribution in [1.82, 2.24) is 14.7 Å². The van der Waals surface area contributed by atoms with Crippen LogP contribution in [0.3, 0.4) is 0 Å². The first-order valence-electron chi connectivity index (χ1n) is 6.51. The Labute approximate surface area is 117 Å². The zero-order chi connectivity index (χ0) is 13.9. The van der Waals surface area contributed by atoms with Gasteiger partial charge in [-0.1, -0.05) is 24.3 Å². The van der Waals surface area contributed by atoms with Crippen LogP contribution < -0.4 is 5.32 Å². The first-order chi connectivity index (χ1) is 9.75. The molecule has 1 amide bonds. The summed E-state index contributed by atoms with van der Waals surface area (Å²) in [5.41, 5.74) is 3.50. The number of aromatic nitrogens is 2. The molecule has 1 aromatic carbocycles. The van der Waals surface area contributed by atoms with Gasteiger partial charge in [-0.05, 0) is 31.2 Å². The summed E-state index contributed by atoms with van der Waals surface area (Å²) in [5.74, 6) is -0.0733. The zero-order valence-corrected chi connectivity index (χ0v) is 11.2. The van der Waals surface area contributed by atoms with Crippen LogP contribution in [0.5, 0.6) is 0 Å². The van der Waals surface area contributed by atoms with Gasteiger partial charge in [0.1, 0.15) is 5.65 Å². The number of carbonyl (C=O) groups is 1. The fourth-order valence-electron chi connectivity index (χ4n) is 2.23. The summed E-state index contributed by atoms with van der Waals surface area (Å²) in [5, 5.41) is 2.93. The maximum atomic E-state index is 12.0. The van der Waals surface area contributed by atoms with Gasteiger partial charge in [0.2, 0.25) is 0 Å². The smallest absolute Gasteiger partial charge is 0.251 e. The average molecular weight is 265 g/mol. The predicted octanol–water partition coefficient (Wildman–Crippen LogP) is 2.57. The van der Waals surface area contributed by atoms with Gasteiger partial charge in [0.05, 0.1) is 17.9 Å². The van der Waals surface area contributed by atoms with Crippen molar-refractivity contribution in [2.24, 2.45) is 0 Å². The van der Waals surface area contributed by atoms with Gasteiger partial charge in [0.25, 0.3) is 5.91 Å². The third kappa shape index (κ3) is 2.28. The number of amides is 1. The van der Waals surface area contributed by atoms with Crippen LogP contribution in [0.15, 0.2) is 54.7 Å². The first-order valence-corrected chi connectivity index (χ1v) is 6.51. The third-order valence-electron chi connectivity index (χ3n) is 3.28. The number of aryl methyl sites for hydroxylation is 1. The highest BCUT2D eigenvalue weighted by Crippen LogP contribution is 2.11. The van der Waals surface area contributed by atoms with Gasteiger partial charge in [0, 0.05) is 11.8 Å². The normalized spacial score (nSPS) is 10.7. The van der Waals surface area contributed by atoms with Crippen LogP contribution in [0.2, 0.25) is 0 Å². The number of hydrogen-bond donors (Lipinski definition) is 1. The number of hydrogen-bond acceptors (Lipinski definition) is 2. The van der Waals surface area contributed by atoms with E-state index in [0.29, 0.717) is 12.1 Å². The molecule has 4 heteroatoms. The van der Waals surface area contributed by atoms with Gasteiger partial charge in [-0.25, -0.2) is 4.98 Å². The highest BCUT2D eigenvalue weighted by molar-refractivity contribution is 5.94. The van der Waals surface area contributed by atoms with Gasteiger partial charge < -0.3 is 9.72 Å². The minimum Gasteiger partial charge on any atom is -0.346 e. The van der Waals surface area contributed by atoms with Crippen LogP contribution >= 0.6 is 0 Å². The Kier molecular flexibility index (Phi) is 3.21. The minimum atomic E-state index is -0.0733. The van der Waals surface area contributed by atoms with Gasteiger partial charge in [-0.2, -0.15) is 0 Å². The molecule has 0 bridgehead atoms. The van der Waals surface area contributed by atoms with E-state index in [1.807, 2.05) is 53.9 Å². The van der Waals surface area contributed by atoms with Crippen LogP contribution in [0.1, 0.15) is 21.7 Å². The van der Waals surface area contributed by atoms with Crippen molar-refractivity contribution < 1.29 is 4.79 Å². The maximum Gasteiger partial charge on any atom is 0.251 e. The molecule has 100 valence electrons. The molecule has 0 aliphatic heterocycles. The molecule has 0 aliphatic rings. The second-order valence-electron chi connectivity index (χ2n) is 4.62. The van der Waals surface area contributed by atoms with E-state index in [9.17, 15) is 4.79 Å². The topological polar surface area (TPSA) is 46.4 Å². The molecule has 0 radical (unpaired) electrons. The summed E-state index contributed by atoms with van der Waals surface area (Å²) in [4.78, 5) is 16.5. The van der Waals surface area contributed by atoms with Crippen LogP contribution in [0.4, 0.5) is 0 Å². The van der Waals surface area contributed by atoms with Crippen LogP contribution in [-0.4, -0.2) is 15.3 Å². The van der Waals surface area contributed by atoms with Crippen molar-refractivity contribution in [1.29, 1.82) is 0 Å². The number of benzene rings is 1. The molecule has 20 heavy (non-hydrogen) atoms. The summed E-state index contributed by atoms with van der Waals surface area (Å²) < 4.78 is 2.00. The van der Waals surface area contributed by atoms with Crippen molar-refractivity contribution >= 4 is 11.6 Å². The summed E-state index contributed by atoms with van der Waals surface area (Å²) in [6.45, 7) is 2.42. The largest absolute Gasteiger partial charge is 0.346 e. The van der Waals surface area contributed by atoms with E-state index in [1.54, 1.807) is 12.1 Å². The Morgan fingerprint density at radius 2 is 1.90 bits per heavy atom.